The predicted molar refractivity (Wildman–Crippen MR) is 111 cm³/mol. The number of rotatable bonds is 6. The molecule has 9 nitrogen and oxygen atoms in total. The van der Waals surface area contributed by atoms with Crippen LogP contribution in [0.5, 0.6) is 0 Å². The number of hydrogen-bond donors (Lipinski definition) is 1. The zero-order chi connectivity index (χ0) is 19.8. The van der Waals surface area contributed by atoms with Gasteiger partial charge in [0.25, 0.3) is 0 Å². The van der Waals surface area contributed by atoms with Gasteiger partial charge in [-0.15, -0.1) is 5.10 Å². The van der Waals surface area contributed by atoms with E-state index >= 15 is 0 Å². The van der Waals surface area contributed by atoms with Crippen molar-refractivity contribution in [2.45, 2.75) is 13.5 Å². The van der Waals surface area contributed by atoms with Crippen LogP contribution in [0, 0.1) is 5.92 Å². The van der Waals surface area contributed by atoms with Crippen LogP contribution in [0.15, 0.2) is 42.7 Å². The third kappa shape index (κ3) is 3.44. The molecule has 1 N–H and O–H groups in total. The standard InChI is InChI=1S/C20H23N9/c1-3-28-11-14(12-28)13-29-18-5-4-15(10-17(18)25-26-29)16-6-8-21-20(23-16)24-19-7-9-22-27(19)2/h4-10,14H,3,11-13H2,1-2H3,(H,21,23,24). The van der Waals surface area contributed by atoms with Gasteiger partial charge in [0, 0.05) is 50.4 Å². The minimum Gasteiger partial charge on any atom is -0.309 e. The smallest absolute Gasteiger partial charge is 0.228 e. The quantitative estimate of drug-likeness (QED) is 0.541. The Kier molecular flexibility index (Phi) is 4.44. The second-order valence-corrected chi connectivity index (χ2v) is 7.42. The van der Waals surface area contributed by atoms with Gasteiger partial charge in [0.05, 0.1) is 17.4 Å². The molecule has 1 aliphatic heterocycles. The Balaban J connectivity index is 1.37. The molecule has 5 rings (SSSR count). The molecule has 9 heteroatoms. The maximum Gasteiger partial charge on any atom is 0.228 e. The first-order valence-electron chi connectivity index (χ1n) is 9.83. The molecule has 4 aromatic rings. The van der Waals surface area contributed by atoms with Gasteiger partial charge in [0.2, 0.25) is 5.95 Å². The number of aryl methyl sites for hydroxylation is 1. The summed E-state index contributed by atoms with van der Waals surface area (Å²) in [7, 11) is 1.87. The molecular weight excluding hydrogens is 366 g/mol. The molecule has 0 radical (unpaired) electrons. The van der Waals surface area contributed by atoms with Gasteiger partial charge in [-0.05, 0) is 24.7 Å². The summed E-state index contributed by atoms with van der Waals surface area (Å²) in [5.74, 6) is 2.01. The summed E-state index contributed by atoms with van der Waals surface area (Å²) in [6.45, 7) is 6.52. The van der Waals surface area contributed by atoms with Crippen molar-refractivity contribution >= 4 is 22.8 Å². The van der Waals surface area contributed by atoms with Crippen LogP contribution in [0.25, 0.3) is 22.3 Å². The second-order valence-electron chi connectivity index (χ2n) is 7.42. The Morgan fingerprint density at radius 2 is 2.03 bits per heavy atom. The van der Waals surface area contributed by atoms with Gasteiger partial charge in [-0.3, -0.25) is 4.68 Å². The Morgan fingerprint density at radius 3 is 2.83 bits per heavy atom. The van der Waals surface area contributed by atoms with Crippen molar-refractivity contribution in [1.29, 1.82) is 0 Å². The van der Waals surface area contributed by atoms with Crippen LogP contribution in [-0.2, 0) is 13.6 Å². The molecule has 0 spiro atoms. The third-order valence-corrected chi connectivity index (χ3v) is 5.44. The molecule has 0 saturated carbocycles. The fourth-order valence-corrected chi connectivity index (χ4v) is 3.75. The van der Waals surface area contributed by atoms with Crippen LogP contribution >= 0.6 is 0 Å². The average Bonchev–Trinajstić information content (AvgIpc) is 3.30. The van der Waals surface area contributed by atoms with Crippen LogP contribution in [0.2, 0.25) is 0 Å². The van der Waals surface area contributed by atoms with E-state index in [9.17, 15) is 0 Å². The van der Waals surface area contributed by atoms with Crippen molar-refractivity contribution in [3.63, 3.8) is 0 Å². The first-order valence-corrected chi connectivity index (χ1v) is 9.83. The Labute approximate surface area is 168 Å². The highest BCUT2D eigenvalue weighted by Gasteiger charge is 2.26. The molecule has 0 atom stereocenters. The lowest BCUT2D eigenvalue weighted by molar-refractivity contribution is 0.0923. The van der Waals surface area contributed by atoms with Crippen LogP contribution < -0.4 is 5.32 Å². The van der Waals surface area contributed by atoms with Crippen molar-refractivity contribution < 1.29 is 0 Å². The topological polar surface area (TPSA) is 89.6 Å². The number of benzene rings is 1. The lowest BCUT2D eigenvalue weighted by Crippen LogP contribution is -2.48. The average molecular weight is 389 g/mol. The largest absolute Gasteiger partial charge is 0.309 e. The van der Waals surface area contributed by atoms with Gasteiger partial charge >= 0.3 is 0 Å². The molecule has 0 aliphatic carbocycles. The zero-order valence-corrected chi connectivity index (χ0v) is 16.5. The van der Waals surface area contributed by atoms with E-state index in [1.165, 1.54) is 0 Å². The van der Waals surface area contributed by atoms with Crippen molar-refractivity contribution in [3.05, 3.63) is 42.7 Å². The minimum absolute atomic E-state index is 0.528. The van der Waals surface area contributed by atoms with Gasteiger partial charge in [-0.1, -0.05) is 18.2 Å². The molecule has 3 aromatic heterocycles. The van der Waals surface area contributed by atoms with Crippen LogP contribution in [-0.4, -0.2) is 59.3 Å². The van der Waals surface area contributed by atoms with E-state index < -0.39 is 0 Å². The van der Waals surface area contributed by atoms with Gasteiger partial charge < -0.3 is 10.2 Å². The molecule has 0 amide bonds. The number of likely N-dealkylation sites (tertiary alicyclic amines) is 1. The Morgan fingerprint density at radius 1 is 1.14 bits per heavy atom. The SMILES string of the molecule is CCN1CC(Cn2nnc3cc(-c4ccnc(Nc5ccnn5C)n4)ccc32)C1. The van der Waals surface area contributed by atoms with E-state index in [0.717, 1.165) is 54.3 Å². The summed E-state index contributed by atoms with van der Waals surface area (Å²) < 4.78 is 3.76. The van der Waals surface area contributed by atoms with E-state index in [2.05, 4.69) is 54.7 Å². The molecule has 1 aromatic carbocycles. The molecule has 1 aliphatic rings. The van der Waals surface area contributed by atoms with Crippen LogP contribution in [0.3, 0.4) is 0 Å². The number of anilines is 2. The summed E-state index contributed by atoms with van der Waals surface area (Å²) in [5.41, 5.74) is 3.76. The number of nitrogens with one attached hydrogen (secondary N) is 1. The minimum atomic E-state index is 0.528. The van der Waals surface area contributed by atoms with Gasteiger partial charge in [0.15, 0.2) is 0 Å². The summed E-state index contributed by atoms with van der Waals surface area (Å²) in [5, 5.41) is 16.1. The monoisotopic (exact) mass is 389 g/mol. The first-order chi connectivity index (χ1) is 14.2. The third-order valence-electron chi connectivity index (χ3n) is 5.44. The lowest BCUT2D eigenvalue weighted by Gasteiger charge is -2.38. The second kappa shape index (κ2) is 7.25. The first kappa shape index (κ1) is 17.7. The van der Waals surface area contributed by atoms with Crippen molar-refractivity contribution in [1.82, 2.24) is 39.6 Å². The summed E-state index contributed by atoms with van der Waals surface area (Å²) in [6, 6.07) is 9.96. The number of aromatic nitrogens is 7. The maximum atomic E-state index is 4.64. The number of nitrogens with zero attached hydrogens (tertiary/aromatic N) is 8. The van der Waals surface area contributed by atoms with E-state index in [0.29, 0.717) is 11.9 Å². The summed E-state index contributed by atoms with van der Waals surface area (Å²) in [4.78, 5) is 11.4. The Hall–Kier alpha value is -3.33. The summed E-state index contributed by atoms with van der Waals surface area (Å²) >= 11 is 0. The Bertz CT molecular complexity index is 1140. The molecule has 0 bridgehead atoms. The van der Waals surface area contributed by atoms with E-state index in [1.807, 2.05) is 29.9 Å². The molecule has 148 valence electrons. The molecular formula is C20H23N9. The van der Waals surface area contributed by atoms with Crippen LogP contribution in [0.4, 0.5) is 11.8 Å². The van der Waals surface area contributed by atoms with Gasteiger partial charge in [0.1, 0.15) is 11.3 Å². The molecule has 0 unspecified atom stereocenters. The highest BCUT2D eigenvalue weighted by atomic mass is 15.4. The van der Waals surface area contributed by atoms with Crippen molar-refractivity contribution in [3.8, 4) is 11.3 Å². The predicted octanol–water partition coefficient (Wildman–Crippen LogP) is 2.32. The highest BCUT2D eigenvalue weighted by Crippen LogP contribution is 2.24. The van der Waals surface area contributed by atoms with E-state index in [1.54, 1.807) is 17.1 Å². The maximum absolute atomic E-state index is 4.64. The summed E-state index contributed by atoms with van der Waals surface area (Å²) in [6.07, 6.45) is 3.48. The van der Waals surface area contributed by atoms with Gasteiger partial charge in [-0.2, -0.15) is 5.10 Å². The van der Waals surface area contributed by atoms with E-state index in [-0.39, 0.29) is 0 Å². The molecule has 1 fully saturated rings. The zero-order valence-electron chi connectivity index (χ0n) is 16.5. The fraction of sp³-hybridized carbons (Fsp3) is 0.350. The number of fused-ring (bicyclic) bond motifs is 1. The highest BCUT2D eigenvalue weighted by molar-refractivity contribution is 5.80. The fourth-order valence-electron chi connectivity index (χ4n) is 3.75. The van der Waals surface area contributed by atoms with E-state index in [4.69, 9.17) is 0 Å². The van der Waals surface area contributed by atoms with Crippen LogP contribution in [0.1, 0.15) is 6.92 Å². The molecule has 29 heavy (non-hydrogen) atoms. The van der Waals surface area contributed by atoms with Crippen molar-refractivity contribution in [2.75, 3.05) is 25.0 Å². The number of hydrogen-bond acceptors (Lipinski definition) is 7. The molecule has 1 saturated heterocycles. The lowest BCUT2D eigenvalue weighted by atomic mass is 10.0. The van der Waals surface area contributed by atoms with Gasteiger partial charge in [-0.25, -0.2) is 14.6 Å². The normalized spacial score (nSPS) is 15.0. The van der Waals surface area contributed by atoms with Crippen molar-refractivity contribution in [2.24, 2.45) is 13.0 Å². The molecule has 4 heterocycles.